The molecule has 0 amide bonds. The van der Waals surface area contributed by atoms with Crippen molar-refractivity contribution in [2.45, 2.75) is 37.6 Å². The fraction of sp³-hybridized carbons (Fsp3) is 0.500. The molecule has 84 valence electrons. The van der Waals surface area contributed by atoms with E-state index in [4.69, 9.17) is 5.11 Å². The third kappa shape index (κ3) is 4.24. The maximum Gasteiger partial charge on any atom is 0.0590 e. The lowest BCUT2D eigenvalue weighted by atomic mass is 10.0. The molecule has 0 saturated carbocycles. The number of aliphatic hydroxyl groups excluding tert-OH is 1. The summed E-state index contributed by atoms with van der Waals surface area (Å²) in [7, 11) is 0. The van der Waals surface area contributed by atoms with Gasteiger partial charge in [0.25, 0.3) is 0 Å². The van der Waals surface area contributed by atoms with Crippen molar-refractivity contribution in [3.63, 3.8) is 0 Å². The van der Waals surface area contributed by atoms with Crippen LogP contribution in [0.5, 0.6) is 0 Å². The van der Waals surface area contributed by atoms with Crippen LogP contribution in [0.15, 0.2) is 29.2 Å². The topological polar surface area (TPSA) is 32.3 Å². The quantitative estimate of drug-likeness (QED) is 0.756. The number of hydrogen-bond acceptors (Lipinski definition) is 3. The molecular formula is C12H19NOS. The molecule has 1 aromatic rings. The van der Waals surface area contributed by atoms with Crippen molar-refractivity contribution in [2.24, 2.45) is 0 Å². The highest BCUT2D eigenvalue weighted by molar-refractivity contribution is 7.97. The maximum absolute atomic E-state index is 8.85. The Balaban J connectivity index is 2.50. The molecule has 0 bridgehead atoms. The number of hydrogen-bond donors (Lipinski definition) is 2. The van der Waals surface area contributed by atoms with Crippen LogP contribution in [0.4, 0.5) is 0 Å². The second-order valence-corrected chi connectivity index (χ2v) is 4.94. The van der Waals surface area contributed by atoms with Crippen LogP contribution in [-0.2, 0) is 0 Å². The van der Waals surface area contributed by atoms with E-state index in [9.17, 15) is 0 Å². The van der Waals surface area contributed by atoms with E-state index in [1.165, 1.54) is 10.5 Å². The van der Waals surface area contributed by atoms with Crippen LogP contribution in [0, 0.1) is 0 Å². The van der Waals surface area contributed by atoms with Crippen LogP contribution in [0.1, 0.15) is 32.3 Å². The van der Waals surface area contributed by atoms with E-state index in [2.05, 4.69) is 42.8 Å². The average molecular weight is 225 g/mol. The van der Waals surface area contributed by atoms with Gasteiger partial charge >= 0.3 is 0 Å². The van der Waals surface area contributed by atoms with E-state index in [1.54, 1.807) is 11.9 Å². The second kappa shape index (κ2) is 6.16. The third-order valence-corrected chi connectivity index (χ3v) is 3.23. The molecule has 1 aromatic carbocycles. The fourth-order valence-electron chi connectivity index (χ4n) is 1.13. The van der Waals surface area contributed by atoms with Crippen molar-refractivity contribution in [1.29, 1.82) is 0 Å². The molecule has 0 aromatic heterocycles. The van der Waals surface area contributed by atoms with Crippen molar-refractivity contribution in [2.75, 3.05) is 6.61 Å². The molecule has 0 aliphatic carbocycles. The minimum atomic E-state index is 0.125. The van der Waals surface area contributed by atoms with Crippen molar-refractivity contribution in [3.8, 4) is 0 Å². The Morgan fingerprint density at radius 1 is 1.20 bits per heavy atom. The Morgan fingerprint density at radius 3 is 2.27 bits per heavy atom. The number of nitrogens with one attached hydrogen (secondary N) is 1. The van der Waals surface area contributed by atoms with E-state index in [1.807, 2.05) is 6.92 Å². The zero-order chi connectivity index (χ0) is 11.3. The lowest BCUT2D eigenvalue weighted by molar-refractivity contribution is 0.267. The Hall–Kier alpha value is -0.510. The molecule has 0 radical (unpaired) electrons. The molecule has 0 heterocycles. The molecule has 15 heavy (non-hydrogen) atoms. The van der Waals surface area contributed by atoms with Gasteiger partial charge in [-0.1, -0.05) is 26.0 Å². The van der Waals surface area contributed by atoms with Crippen LogP contribution in [-0.4, -0.2) is 17.8 Å². The van der Waals surface area contributed by atoms with Gasteiger partial charge in [0.2, 0.25) is 0 Å². The molecule has 0 aliphatic rings. The van der Waals surface area contributed by atoms with Crippen molar-refractivity contribution >= 4 is 11.9 Å². The normalized spacial score (nSPS) is 13.1. The van der Waals surface area contributed by atoms with Gasteiger partial charge in [0.05, 0.1) is 6.61 Å². The van der Waals surface area contributed by atoms with Crippen molar-refractivity contribution < 1.29 is 5.11 Å². The zero-order valence-electron chi connectivity index (χ0n) is 9.53. The van der Waals surface area contributed by atoms with Crippen molar-refractivity contribution in [3.05, 3.63) is 29.8 Å². The highest BCUT2D eigenvalue weighted by atomic mass is 32.2. The minimum Gasteiger partial charge on any atom is -0.395 e. The Morgan fingerprint density at radius 2 is 1.80 bits per heavy atom. The third-order valence-electron chi connectivity index (χ3n) is 2.20. The van der Waals surface area contributed by atoms with Gasteiger partial charge in [0, 0.05) is 10.9 Å². The van der Waals surface area contributed by atoms with Gasteiger partial charge < -0.3 is 5.11 Å². The summed E-state index contributed by atoms with van der Waals surface area (Å²) in [4.78, 5) is 1.18. The number of rotatable bonds is 5. The Labute approximate surface area is 96.2 Å². The van der Waals surface area contributed by atoms with E-state index >= 15 is 0 Å². The molecule has 2 nitrogen and oxygen atoms in total. The van der Waals surface area contributed by atoms with Gasteiger partial charge in [-0.15, -0.1) is 0 Å². The fourth-order valence-corrected chi connectivity index (χ4v) is 1.81. The summed E-state index contributed by atoms with van der Waals surface area (Å²) in [6.07, 6.45) is 0. The summed E-state index contributed by atoms with van der Waals surface area (Å²) in [6, 6.07) is 8.64. The standard InChI is InChI=1S/C12H19NOS/c1-9(2)11-4-6-12(7-5-11)15-13-10(3)8-14/h4-7,9-10,13-14H,8H2,1-3H3. The van der Waals surface area contributed by atoms with Crippen LogP contribution in [0.3, 0.4) is 0 Å². The van der Waals surface area contributed by atoms with Crippen molar-refractivity contribution in [1.82, 2.24) is 4.72 Å². The van der Waals surface area contributed by atoms with Gasteiger partial charge in [-0.25, -0.2) is 0 Å². The summed E-state index contributed by atoms with van der Waals surface area (Å²) >= 11 is 1.56. The first-order valence-electron chi connectivity index (χ1n) is 5.26. The largest absolute Gasteiger partial charge is 0.395 e. The first-order chi connectivity index (χ1) is 7.13. The maximum atomic E-state index is 8.85. The van der Waals surface area contributed by atoms with Crippen LogP contribution < -0.4 is 4.72 Å². The van der Waals surface area contributed by atoms with E-state index in [-0.39, 0.29) is 12.6 Å². The molecule has 1 unspecified atom stereocenters. The molecule has 1 atom stereocenters. The second-order valence-electron chi connectivity index (χ2n) is 4.03. The molecule has 2 N–H and O–H groups in total. The van der Waals surface area contributed by atoms with Gasteiger partial charge in [0.1, 0.15) is 0 Å². The summed E-state index contributed by atoms with van der Waals surface area (Å²) in [5.41, 5.74) is 1.36. The first kappa shape index (κ1) is 12.6. The van der Waals surface area contributed by atoms with E-state index in [0.717, 1.165) is 0 Å². The van der Waals surface area contributed by atoms with Crippen LogP contribution >= 0.6 is 11.9 Å². The average Bonchev–Trinajstić information content (AvgIpc) is 2.26. The highest BCUT2D eigenvalue weighted by Gasteiger charge is 2.01. The molecule has 0 fully saturated rings. The van der Waals surface area contributed by atoms with Gasteiger partial charge in [0.15, 0.2) is 0 Å². The summed E-state index contributed by atoms with van der Waals surface area (Å²) in [6.45, 7) is 6.50. The number of benzene rings is 1. The Kier molecular flexibility index (Phi) is 5.15. The van der Waals surface area contributed by atoms with Crippen LogP contribution in [0.2, 0.25) is 0 Å². The summed E-state index contributed by atoms with van der Waals surface area (Å²) in [5, 5.41) is 8.85. The lowest BCUT2D eigenvalue weighted by Gasteiger charge is -2.10. The molecule has 0 aliphatic heterocycles. The number of aliphatic hydroxyl groups is 1. The Bertz CT molecular complexity index is 284. The van der Waals surface area contributed by atoms with Gasteiger partial charge in [-0.2, -0.15) is 0 Å². The highest BCUT2D eigenvalue weighted by Crippen LogP contribution is 2.20. The van der Waals surface area contributed by atoms with Gasteiger partial charge in [-0.05, 0) is 42.5 Å². The predicted octanol–water partition coefficient (Wildman–Crippen LogP) is 2.79. The van der Waals surface area contributed by atoms with Crippen LogP contribution in [0.25, 0.3) is 0 Å². The predicted molar refractivity (Wildman–Crippen MR) is 66.1 cm³/mol. The monoisotopic (exact) mass is 225 g/mol. The molecule has 1 rings (SSSR count). The summed E-state index contributed by atoms with van der Waals surface area (Å²) in [5.74, 6) is 0.577. The summed E-state index contributed by atoms with van der Waals surface area (Å²) < 4.78 is 3.16. The van der Waals surface area contributed by atoms with E-state index < -0.39 is 0 Å². The lowest BCUT2D eigenvalue weighted by Crippen LogP contribution is -2.22. The molecule has 0 saturated heterocycles. The first-order valence-corrected chi connectivity index (χ1v) is 6.08. The van der Waals surface area contributed by atoms with E-state index in [0.29, 0.717) is 5.92 Å². The molecule has 3 heteroatoms. The SMILES string of the molecule is CC(CO)NSc1ccc(C(C)C)cc1. The van der Waals surface area contributed by atoms with Gasteiger partial charge in [-0.3, -0.25) is 4.72 Å². The zero-order valence-corrected chi connectivity index (χ0v) is 10.3. The molecular weight excluding hydrogens is 206 g/mol. The smallest absolute Gasteiger partial charge is 0.0590 e. The minimum absolute atomic E-state index is 0.125. The molecule has 0 spiro atoms.